The molecule has 0 radical (unpaired) electrons. The number of benzene rings is 1. The highest BCUT2D eigenvalue weighted by atomic mass is 19.1. The molecule has 1 heterocycles. The van der Waals surface area contributed by atoms with Crippen LogP contribution in [0.25, 0.3) is 6.08 Å². The van der Waals surface area contributed by atoms with Crippen molar-refractivity contribution in [2.24, 2.45) is 5.92 Å². The Morgan fingerprint density at radius 3 is 2.90 bits per heavy atom. The molecular weight excluding hydrogens is 271 g/mol. The average Bonchev–Trinajstić information content (AvgIpc) is 2.81. The van der Waals surface area contributed by atoms with E-state index in [2.05, 4.69) is 11.9 Å². The van der Waals surface area contributed by atoms with Gasteiger partial charge < -0.3 is 14.9 Å². The molecule has 0 aromatic heterocycles. The monoisotopic (exact) mass is 292 g/mol. The Hall–Kier alpha value is -1.88. The molecule has 1 unspecified atom stereocenters. The Kier molecular flexibility index (Phi) is 4.96. The summed E-state index contributed by atoms with van der Waals surface area (Å²) < 4.78 is 14.1. The Morgan fingerprint density at radius 2 is 2.33 bits per heavy atom. The predicted octanol–water partition coefficient (Wildman–Crippen LogP) is 2.31. The van der Waals surface area contributed by atoms with Crippen molar-refractivity contribution in [1.29, 1.82) is 0 Å². The largest absolute Gasteiger partial charge is 0.478 e. The summed E-state index contributed by atoms with van der Waals surface area (Å²) in [5.41, 5.74) is 1.10. The van der Waals surface area contributed by atoms with E-state index in [1.807, 2.05) is 11.9 Å². The minimum absolute atomic E-state index is 0.323. The number of aliphatic carboxylic acids is 1. The molecule has 4 nitrogen and oxygen atoms in total. The Labute approximate surface area is 124 Å². The first-order valence-electron chi connectivity index (χ1n) is 7.06. The molecule has 0 bridgehead atoms. The van der Waals surface area contributed by atoms with E-state index in [-0.39, 0.29) is 5.82 Å². The van der Waals surface area contributed by atoms with Crippen molar-refractivity contribution in [2.75, 3.05) is 38.6 Å². The van der Waals surface area contributed by atoms with Crippen molar-refractivity contribution < 1.29 is 14.3 Å². The van der Waals surface area contributed by atoms with Crippen LogP contribution in [0.4, 0.5) is 10.1 Å². The van der Waals surface area contributed by atoms with Crippen molar-refractivity contribution in [2.45, 2.75) is 6.42 Å². The molecule has 2 rings (SSSR count). The minimum atomic E-state index is -1.04. The molecule has 1 aliphatic heterocycles. The van der Waals surface area contributed by atoms with Crippen LogP contribution in [0.2, 0.25) is 0 Å². The summed E-state index contributed by atoms with van der Waals surface area (Å²) in [5, 5.41) is 8.57. The van der Waals surface area contributed by atoms with E-state index in [1.54, 1.807) is 12.1 Å². The first-order chi connectivity index (χ1) is 9.95. The van der Waals surface area contributed by atoms with Gasteiger partial charge in [0.1, 0.15) is 5.82 Å². The van der Waals surface area contributed by atoms with Crippen LogP contribution >= 0.6 is 0 Å². The standard InChI is InChI=1S/C16H21FN2O2/c1-18-8-7-13(10-18)11-19(2)15-5-3-12(9-14(15)17)4-6-16(20)21/h3-6,9,13H,7-8,10-11H2,1-2H3,(H,20,21). The van der Waals surface area contributed by atoms with Crippen LogP contribution in [0.15, 0.2) is 24.3 Å². The number of anilines is 1. The molecular formula is C16H21FN2O2. The number of carboxylic acid groups (broad SMARTS) is 1. The highest BCUT2D eigenvalue weighted by Crippen LogP contribution is 2.23. The summed E-state index contributed by atoms with van der Waals surface area (Å²) in [4.78, 5) is 14.7. The minimum Gasteiger partial charge on any atom is -0.478 e. The van der Waals surface area contributed by atoms with Gasteiger partial charge in [0.2, 0.25) is 0 Å². The Morgan fingerprint density at radius 1 is 1.57 bits per heavy atom. The summed E-state index contributed by atoms with van der Waals surface area (Å²) in [6, 6.07) is 4.80. The van der Waals surface area contributed by atoms with E-state index < -0.39 is 5.97 Å². The zero-order chi connectivity index (χ0) is 15.4. The maximum Gasteiger partial charge on any atom is 0.328 e. The van der Waals surface area contributed by atoms with Crippen LogP contribution in [0.1, 0.15) is 12.0 Å². The summed E-state index contributed by atoms with van der Waals surface area (Å²) in [7, 11) is 3.99. The number of carboxylic acids is 1. The lowest BCUT2D eigenvalue weighted by molar-refractivity contribution is -0.131. The molecule has 1 aromatic carbocycles. The van der Waals surface area contributed by atoms with Gasteiger partial charge in [0.25, 0.3) is 0 Å². The first kappa shape index (κ1) is 15.5. The molecule has 0 aliphatic carbocycles. The van der Waals surface area contributed by atoms with E-state index in [0.717, 1.165) is 32.1 Å². The first-order valence-corrected chi connectivity index (χ1v) is 7.06. The molecule has 1 saturated heterocycles. The van der Waals surface area contributed by atoms with Crippen LogP contribution < -0.4 is 4.90 Å². The lowest BCUT2D eigenvalue weighted by Crippen LogP contribution is -2.27. The number of halogens is 1. The zero-order valence-electron chi connectivity index (χ0n) is 12.4. The second-order valence-corrected chi connectivity index (χ2v) is 5.68. The van der Waals surface area contributed by atoms with Crippen LogP contribution in [-0.2, 0) is 4.79 Å². The SMILES string of the molecule is CN1CCC(CN(C)c2ccc(C=CC(=O)O)cc2F)C1. The molecule has 1 aliphatic rings. The number of likely N-dealkylation sites (tertiary alicyclic amines) is 1. The molecule has 21 heavy (non-hydrogen) atoms. The number of hydrogen-bond acceptors (Lipinski definition) is 3. The molecule has 0 spiro atoms. The van der Waals surface area contributed by atoms with Crippen LogP contribution in [0, 0.1) is 11.7 Å². The van der Waals surface area contributed by atoms with Gasteiger partial charge in [0, 0.05) is 26.2 Å². The van der Waals surface area contributed by atoms with E-state index in [9.17, 15) is 9.18 Å². The molecule has 1 fully saturated rings. The Balaban J connectivity index is 2.04. The van der Waals surface area contributed by atoms with Crippen LogP contribution in [-0.4, -0.2) is 49.7 Å². The summed E-state index contributed by atoms with van der Waals surface area (Å²) in [5.74, 6) is -0.802. The molecule has 5 heteroatoms. The summed E-state index contributed by atoms with van der Waals surface area (Å²) >= 11 is 0. The molecule has 1 N–H and O–H groups in total. The van der Waals surface area contributed by atoms with Crippen molar-refractivity contribution in [3.63, 3.8) is 0 Å². The number of rotatable bonds is 5. The van der Waals surface area contributed by atoms with Gasteiger partial charge in [0.05, 0.1) is 5.69 Å². The maximum atomic E-state index is 14.1. The fourth-order valence-electron chi connectivity index (χ4n) is 2.76. The molecule has 1 aromatic rings. The lowest BCUT2D eigenvalue weighted by Gasteiger charge is -2.23. The third kappa shape index (κ3) is 4.29. The van der Waals surface area contributed by atoms with E-state index in [0.29, 0.717) is 17.2 Å². The fraction of sp³-hybridized carbons (Fsp3) is 0.438. The van der Waals surface area contributed by atoms with Gasteiger partial charge in [-0.25, -0.2) is 9.18 Å². The maximum absolute atomic E-state index is 14.1. The number of nitrogens with zero attached hydrogens (tertiary/aromatic N) is 2. The Bertz CT molecular complexity index is 545. The lowest BCUT2D eigenvalue weighted by atomic mass is 10.1. The second kappa shape index (κ2) is 6.72. The molecule has 1 atom stereocenters. The quantitative estimate of drug-likeness (QED) is 0.846. The van der Waals surface area contributed by atoms with E-state index in [4.69, 9.17) is 5.11 Å². The number of carbonyl (C=O) groups is 1. The van der Waals surface area contributed by atoms with Crippen LogP contribution in [0.5, 0.6) is 0 Å². The highest BCUT2D eigenvalue weighted by Gasteiger charge is 2.21. The van der Waals surface area contributed by atoms with Gasteiger partial charge in [-0.3, -0.25) is 0 Å². The van der Waals surface area contributed by atoms with Crippen molar-refractivity contribution >= 4 is 17.7 Å². The van der Waals surface area contributed by atoms with Gasteiger partial charge in [-0.1, -0.05) is 6.07 Å². The summed E-state index contributed by atoms with van der Waals surface area (Å²) in [6.45, 7) is 2.97. The number of hydrogen-bond donors (Lipinski definition) is 1. The van der Waals surface area contributed by atoms with Crippen molar-refractivity contribution in [3.05, 3.63) is 35.7 Å². The predicted molar refractivity (Wildman–Crippen MR) is 81.9 cm³/mol. The average molecular weight is 292 g/mol. The van der Waals surface area contributed by atoms with Gasteiger partial charge in [-0.05, 0) is 49.7 Å². The molecule has 0 saturated carbocycles. The van der Waals surface area contributed by atoms with Crippen molar-refractivity contribution in [3.8, 4) is 0 Å². The topological polar surface area (TPSA) is 43.8 Å². The van der Waals surface area contributed by atoms with E-state index >= 15 is 0 Å². The van der Waals surface area contributed by atoms with Crippen molar-refractivity contribution in [1.82, 2.24) is 4.90 Å². The van der Waals surface area contributed by atoms with Gasteiger partial charge >= 0.3 is 5.97 Å². The smallest absolute Gasteiger partial charge is 0.328 e. The molecule has 0 amide bonds. The molecule has 114 valence electrons. The van der Waals surface area contributed by atoms with Gasteiger partial charge in [-0.15, -0.1) is 0 Å². The van der Waals surface area contributed by atoms with Gasteiger partial charge in [-0.2, -0.15) is 0 Å². The zero-order valence-corrected chi connectivity index (χ0v) is 12.4. The second-order valence-electron chi connectivity index (χ2n) is 5.68. The highest BCUT2D eigenvalue weighted by molar-refractivity contribution is 5.85. The van der Waals surface area contributed by atoms with Gasteiger partial charge in [0.15, 0.2) is 0 Å². The van der Waals surface area contributed by atoms with E-state index in [1.165, 1.54) is 12.1 Å². The fourth-order valence-corrected chi connectivity index (χ4v) is 2.76. The summed E-state index contributed by atoms with van der Waals surface area (Å²) in [6.07, 6.45) is 3.54. The third-order valence-electron chi connectivity index (χ3n) is 3.82. The van der Waals surface area contributed by atoms with Crippen LogP contribution in [0.3, 0.4) is 0 Å². The third-order valence-corrected chi connectivity index (χ3v) is 3.82. The normalized spacial score (nSPS) is 19.3.